The van der Waals surface area contributed by atoms with Gasteiger partial charge in [0.2, 0.25) is 5.67 Å². The number of ether oxygens (including phenoxy) is 2. The predicted octanol–water partition coefficient (Wildman–Crippen LogP) is 6.38. The molecule has 0 radical (unpaired) electrons. The lowest BCUT2D eigenvalue weighted by Gasteiger charge is -2.30. The Labute approximate surface area is 193 Å². The molecule has 2 aliphatic rings. The van der Waals surface area contributed by atoms with E-state index < -0.39 is 17.6 Å². The van der Waals surface area contributed by atoms with Crippen LogP contribution in [0.4, 0.5) is 8.78 Å². The Morgan fingerprint density at radius 1 is 1.12 bits per heavy atom. The highest BCUT2D eigenvalue weighted by Gasteiger charge is 2.50. The van der Waals surface area contributed by atoms with Gasteiger partial charge in [-0.05, 0) is 92.2 Å². The average molecular weight is 459 g/mol. The Kier molecular flexibility index (Phi) is 7.03. The second-order valence-corrected chi connectivity index (χ2v) is 9.61. The summed E-state index contributed by atoms with van der Waals surface area (Å²) in [5.74, 6) is -1.36. The number of hydrogen-bond acceptors (Lipinski definition) is 3. The van der Waals surface area contributed by atoms with Crippen molar-refractivity contribution in [3.05, 3.63) is 65.0 Å². The zero-order valence-corrected chi connectivity index (χ0v) is 19.2. The van der Waals surface area contributed by atoms with Crippen LogP contribution in [-0.4, -0.2) is 30.0 Å². The maximum atomic E-state index is 15.0. The summed E-state index contributed by atoms with van der Waals surface area (Å²) in [6, 6.07) is 12.4. The van der Waals surface area contributed by atoms with Gasteiger partial charge in [-0.1, -0.05) is 24.3 Å². The Hall–Kier alpha value is -2.47. The van der Waals surface area contributed by atoms with Gasteiger partial charge in [-0.2, -0.15) is 0 Å². The van der Waals surface area contributed by atoms with E-state index in [2.05, 4.69) is 0 Å². The van der Waals surface area contributed by atoms with Crippen molar-refractivity contribution >= 4 is 5.97 Å². The first-order valence-corrected chi connectivity index (χ1v) is 11.8. The fourth-order valence-corrected chi connectivity index (χ4v) is 5.18. The molecule has 0 heterocycles. The largest absolute Gasteiger partial charge is 0.497 e. The molecule has 0 aliphatic heterocycles. The monoisotopic (exact) mass is 458 g/mol. The van der Waals surface area contributed by atoms with Gasteiger partial charge in [-0.3, -0.25) is 0 Å². The number of hydrogen-bond donors (Lipinski definition) is 1. The topological polar surface area (TPSA) is 55.8 Å². The normalized spacial score (nSPS) is 23.5. The smallest absolute Gasteiger partial charge is 0.341 e. The Morgan fingerprint density at radius 3 is 2.48 bits per heavy atom. The van der Waals surface area contributed by atoms with Gasteiger partial charge in [0.25, 0.3) is 0 Å². The van der Waals surface area contributed by atoms with E-state index in [1.165, 1.54) is 13.0 Å². The van der Waals surface area contributed by atoms with Gasteiger partial charge in [0.05, 0.1) is 19.8 Å². The first-order valence-electron chi connectivity index (χ1n) is 11.8. The summed E-state index contributed by atoms with van der Waals surface area (Å²) >= 11 is 0. The molecule has 4 rings (SSSR count). The highest BCUT2D eigenvalue weighted by atomic mass is 19.1. The molecular formula is C27H32F2O4. The third-order valence-electron chi connectivity index (χ3n) is 7.21. The van der Waals surface area contributed by atoms with E-state index in [1.54, 1.807) is 19.2 Å². The van der Waals surface area contributed by atoms with Crippen LogP contribution in [0, 0.1) is 11.7 Å². The van der Waals surface area contributed by atoms with E-state index in [-0.39, 0.29) is 23.8 Å². The molecule has 2 fully saturated rings. The number of carboxylic acids is 1. The van der Waals surface area contributed by atoms with Gasteiger partial charge in [-0.15, -0.1) is 0 Å². The first kappa shape index (κ1) is 23.7. The molecule has 178 valence electrons. The molecule has 2 atom stereocenters. The zero-order chi connectivity index (χ0) is 23.6. The third kappa shape index (κ3) is 5.37. The Balaban J connectivity index is 1.36. The minimum atomic E-state index is -2.30. The summed E-state index contributed by atoms with van der Waals surface area (Å²) in [5.41, 5.74) is 0.0526. The second-order valence-electron chi connectivity index (χ2n) is 9.61. The number of methoxy groups -OCH3 is 1. The lowest BCUT2D eigenvalue weighted by Crippen LogP contribution is -2.38. The summed E-state index contributed by atoms with van der Waals surface area (Å²) in [6.45, 7) is 1.56. The number of aliphatic carboxylic acids is 1. The third-order valence-corrected chi connectivity index (χ3v) is 7.21. The van der Waals surface area contributed by atoms with Crippen LogP contribution in [0.1, 0.15) is 74.0 Å². The van der Waals surface area contributed by atoms with E-state index in [4.69, 9.17) is 9.47 Å². The number of halogens is 2. The second kappa shape index (κ2) is 9.80. The van der Waals surface area contributed by atoms with E-state index in [9.17, 15) is 14.3 Å². The molecular weight excluding hydrogens is 426 g/mol. The molecule has 6 heteroatoms. The fourth-order valence-electron chi connectivity index (χ4n) is 5.18. The van der Waals surface area contributed by atoms with E-state index in [0.717, 1.165) is 49.7 Å². The van der Waals surface area contributed by atoms with Crippen LogP contribution < -0.4 is 4.74 Å². The summed E-state index contributed by atoms with van der Waals surface area (Å²) in [6.07, 6.45) is 5.17. The van der Waals surface area contributed by atoms with Gasteiger partial charge in [0, 0.05) is 5.92 Å². The van der Waals surface area contributed by atoms with Gasteiger partial charge < -0.3 is 14.6 Å². The van der Waals surface area contributed by atoms with Crippen LogP contribution in [-0.2, 0) is 16.1 Å². The van der Waals surface area contributed by atoms with Crippen LogP contribution >= 0.6 is 0 Å². The number of carbonyl (C=O) groups is 1. The summed E-state index contributed by atoms with van der Waals surface area (Å²) in [7, 11) is 1.58. The lowest BCUT2D eigenvalue weighted by molar-refractivity contribution is -0.151. The van der Waals surface area contributed by atoms with Crippen molar-refractivity contribution in [3.8, 4) is 5.75 Å². The first-order chi connectivity index (χ1) is 15.8. The molecule has 0 saturated heterocycles. The molecule has 0 aromatic heterocycles. The average Bonchev–Trinajstić information content (AvgIpc) is 3.63. The molecule has 1 N–H and O–H groups in total. The molecule has 2 unspecified atom stereocenters. The van der Waals surface area contributed by atoms with E-state index in [0.29, 0.717) is 17.9 Å². The quantitative estimate of drug-likeness (QED) is 0.473. The summed E-state index contributed by atoms with van der Waals surface area (Å²) < 4.78 is 40.7. The Bertz CT molecular complexity index is 978. The highest BCUT2D eigenvalue weighted by Crippen LogP contribution is 2.50. The number of carboxylic acid groups (broad SMARTS) is 1. The highest BCUT2D eigenvalue weighted by molar-refractivity contribution is 5.78. The molecule has 0 spiro atoms. The number of alkyl halides is 1. The van der Waals surface area contributed by atoms with Gasteiger partial charge in [0.15, 0.2) is 0 Å². The van der Waals surface area contributed by atoms with Gasteiger partial charge in [0.1, 0.15) is 11.6 Å². The number of rotatable bonds is 9. The minimum absolute atomic E-state index is 0.0690. The van der Waals surface area contributed by atoms with Crippen LogP contribution in [0.5, 0.6) is 5.75 Å². The molecule has 0 bridgehead atoms. The van der Waals surface area contributed by atoms with Crippen molar-refractivity contribution in [1.82, 2.24) is 0 Å². The van der Waals surface area contributed by atoms with Crippen molar-refractivity contribution in [3.63, 3.8) is 0 Å². The van der Waals surface area contributed by atoms with Crippen LogP contribution in [0.15, 0.2) is 42.5 Å². The molecule has 2 aromatic rings. The SMILES string of the molecule is COc1ccc(F)c(C2CCC(OCc3cccc(C(C4CC4)C(C)(F)C(=O)O)c3)CC2)c1. The fraction of sp³-hybridized carbons (Fsp3) is 0.519. The minimum Gasteiger partial charge on any atom is -0.497 e. The summed E-state index contributed by atoms with van der Waals surface area (Å²) in [5, 5.41) is 9.41. The van der Waals surface area contributed by atoms with Crippen LogP contribution in [0.3, 0.4) is 0 Å². The molecule has 4 nitrogen and oxygen atoms in total. The Morgan fingerprint density at radius 2 is 1.85 bits per heavy atom. The number of benzene rings is 2. The van der Waals surface area contributed by atoms with Crippen molar-refractivity contribution in [2.24, 2.45) is 5.92 Å². The molecule has 2 aliphatic carbocycles. The van der Waals surface area contributed by atoms with Crippen molar-refractivity contribution in [2.75, 3.05) is 7.11 Å². The van der Waals surface area contributed by atoms with E-state index in [1.807, 2.05) is 24.3 Å². The molecule has 0 amide bonds. The van der Waals surface area contributed by atoms with Gasteiger partial charge >= 0.3 is 5.97 Å². The standard InChI is InChI=1S/C27H32F2O4/c1-27(29,26(30)31)25(19-6-7-19)20-5-3-4-17(14-20)16-33-21-10-8-18(9-11-21)23-15-22(32-2)12-13-24(23)28/h3-5,12-15,18-19,21,25H,6-11,16H2,1-2H3,(H,30,31). The van der Waals surface area contributed by atoms with Crippen LogP contribution in [0.25, 0.3) is 0 Å². The van der Waals surface area contributed by atoms with Gasteiger partial charge in [-0.25, -0.2) is 13.6 Å². The summed E-state index contributed by atoms with van der Waals surface area (Å²) in [4.78, 5) is 11.5. The van der Waals surface area contributed by atoms with Crippen molar-refractivity contribution in [2.45, 2.75) is 75.7 Å². The van der Waals surface area contributed by atoms with Crippen molar-refractivity contribution < 1.29 is 28.2 Å². The maximum absolute atomic E-state index is 15.0. The predicted molar refractivity (Wildman–Crippen MR) is 122 cm³/mol. The van der Waals surface area contributed by atoms with Crippen LogP contribution in [0.2, 0.25) is 0 Å². The molecule has 2 saturated carbocycles. The molecule has 2 aromatic carbocycles. The zero-order valence-electron chi connectivity index (χ0n) is 19.2. The maximum Gasteiger partial charge on any atom is 0.341 e. The van der Waals surface area contributed by atoms with E-state index >= 15 is 4.39 Å². The lowest BCUT2D eigenvalue weighted by atomic mass is 9.80. The molecule has 33 heavy (non-hydrogen) atoms. The van der Waals surface area contributed by atoms with Crippen molar-refractivity contribution in [1.29, 1.82) is 0 Å².